The molecule has 0 unspecified atom stereocenters. The van der Waals surface area contributed by atoms with Gasteiger partial charge in [-0.25, -0.2) is 12.7 Å². The van der Waals surface area contributed by atoms with Gasteiger partial charge in [0.05, 0.1) is 11.5 Å². The molecule has 0 aliphatic carbocycles. The summed E-state index contributed by atoms with van der Waals surface area (Å²) in [4.78, 5) is 21.5. The van der Waals surface area contributed by atoms with Crippen molar-refractivity contribution in [2.45, 2.75) is 11.8 Å². The van der Waals surface area contributed by atoms with Crippen LogP contribution in [0.1, 0.15) is 5.56 Å². The summed E-state index contributed by atoms with van der Waals surface area (Å²) in [6.07, 6.45) is 0. The summed E-state index contributed by atoms with van der Waals surface area (Å²) in [6.45, 7) is 1.81. The zero-order valence-electron chi connectivity index (χ0n) is 11.1. The minimum Gasteiger partial charge on any atom is -0.307 e. The summed E-state index contributed by atoms with van der Waals surface area (Å²) >= 11 is 0. The third-order valence-corrected chi connectivity index (χ3v) is 4.79. The van der Waals surface area contributed by atoms with Crippen LogP contribution in [0.2, 0.25) is 0 Å². The molecule has 1 aliphatic heterocycles. The molecule has 1 heterocycles. The van der Waals surface area contributed by atoms with Gasteiger partial charge in [0, 0.05) is 19.2 Å². The van der Waals surface area contributed by atoms with Gasteiger partial charge in [0.25, 0.3) is 15.7 Å². The molecule has 116 valence electrons. The largest absolute Gasteiger partial charge is 0.307 e. The zero-order chi connectivity index (χ0) is 14.9. The number of aryl methyl sites for hydroxylation is 1. The number of hydrogen-bond acceptors (Lipinski definition) is 6. The molecule has 1 amide bonds. The first-order valence-electron chi connectivity index (χ1n) is 5.85. The van der Waals surface area contributed by atoms with E-state index in [1.807, 2.05) is 0 Å². The molecular formula is C11H14ClN3O5S. The van der Waals surface area contributed by atoms with Crippen LogP contribution in [0.3, 0.4) is 0 Å². The molecule has 1 saturated heterocycles. The Balaban J connectivity index is 0.00000220. The second-order valence-corrected chi connectivity index (χ2v) is 6.21. The summed E-state index contributed by atoms with van der Waals surface area (Å²) in [6, 6.07) is 3.81. The monoisotopic (exact) mass is 335 g/mol. The van der Waals surface area contributed by atoms with Crippen molar-refractivity contribution >= 4 is 34.0 Å². The molecule has 0 saturated carbocycles. The number of carbonyl (C=O) groups is 1. The third kappa shape index (κ3) is 3.31. The van der Waals surface area contributed by atoms with Gasteiger partial charge in [0.15, 0.2) is 4.90 Å². The molecule has 1 aromatic carbocycles. The van der Waals surface area contributed by atoms with Gasteiger partial charge in [-0.15, -0.1) is 12.4 Å². The van der Waals surface area contributed by atoms with E-state index in [1.54, 1.807) is 6.92 Å². The van der Waals surface area contributed by atoms with Gasteiger partial charge >= 0.3 is 0 Å². The molecule has 2 rings (SSSR count). The average Bonchev–Trinajstić information content (AvgIpc) is 2.38. The molecule has 0 atom stereocenters. The number of nitro groups is 1. The molecule has 21 heavy (non-hydrogen) atoms. The van der Waals surface area contributed by atoms with Crippen molar-refractivity contribution < 1.29 is 18.1 Å². The van der Waals surface area contributed by atoms with Crippen molar-refractivity contribution in [3.63, 3.8) is 0 Å². The minimum atomic E-state index is -4.20. The summed E-state index contributed by atoms with van der Waals surface area (Å²) in [5.74, 6) is -0.619. The first kappa shape index (κ1) is 17.3. The van der Waals surface area contributed by atoms with Crippen LogP contribution in [-0.4, -0.2) is 43.2 Å². The van der Waals surface area contributed by atoms with Crippen LogP contribution in [0.4, 0.5) is 5.69 Å². The van der Waals surface area contributed by atoms with Crippen LogP contribution >= 0.6 is 12.4 Å². The van der Waals surface area contributed by atoms with Crippen molar-refractivity contribution in [2.24, 2.45) is 0 Å². The smallest absolute Gasteiger partial charge is 0.290 e. The van der Waals surface area contributed by atoms with Crippen molar-refractivity contribution in [3.8, 4) is 0 Å². The van der Waals surface area contributed by atoms with E-state index >= 15 is 0 Å². The number of carbonyl (C=O) groups excluding carboxylic acids is 1. The Hall–Kier alpha value is -1.71. The maximum atomic E-state index is 12.4. The fourth-order valence-electron chi connectivity index (χ4n) is 1.95. The van der Waals surface area contributed by atoms with Crippen molar-refractivity contribution in [1.29, 1.82) is 0 Å². The Kier molecular flexibility index (Phi) is 5.26. The molecule has 0 aromatic heterocycles. The van der Waals surface area contributed by atoms with Gasteiger partial charge in [0.1, 0.15) is 0 Å². The Morgan fingerprint density at radius 2 is 2.05 bits per heavy atom. The lowest BCUT2D eigenvalue weighted by molar-refractivity contribution is -0.387. The molecule has 1 fully saturated rings. The number of amides is 1. The topological polar surface area (TPSA) is 110 Å². The van der Waals surface area contributed by atoms with Crippen LogP contribution in [0, 0.1) is 17.0 Å². The molecule has 1 aromatic rings. The van der Waals surface area contributed by atoms with Crippen molar-refractivity contribution in [2.75, 3.05) is 19.6 Å². The Morgan fingerprint density at radius 3 is 2.62 bits per heavy atom. The average molecular weight is 336 g/mol. The second-order valence-electron chi connectivity index (χ2n) is 4.38. The number of hydrogen-bond donors (Lipinski definition) is 1. The Labute approximate surface area is 127 Å². The molecule has 0 spiro atoms. The van der Waals surface area contributed by atoms with Crippen LogP contribution in [-0.2, 0) is 14.8 Å². The highest BCUT2D eigenvalue weighted by atomic mass is 35.5. The molecule has 0 bridgehead atoms. The highest BCUT2D eigenvalue weighted by molar-refractivity contribution is 7.89. The minimum absolute atomic E-state index is 0. The van der Waals surface area contributed by atoms with Gasteiger partial charge in [-0.05, 0) is 18.6 Å². The molecule has 0 radical (unpaired) electrons. The SMILES string of the molecule is Cc1ccc(S(=O)(=O)N2CCNCC2=O)c([N+](=O)[O-])c1.Cl. The molecule has 8 nitrogen and oxygen atoms in total. The molecule has 10 heteroatoms. The van der Waals surface area contributed by atoms with Gasteiger partial charge in [-0.3, -0.25) is 14.9 Å². The number of benzene rings is 1. The standard InChI is InChI=1S/C11H13N3O5S.ClH/c1-8-2-3-10(9(6-8)14(16)17)20(18,19)13-5-4-12-7-11(13)15;/h2-3,6,12H,4-5,7H2,1H3;1H. The molecule has 1 N–H and O–H groups in total. The predicted octanol–water partition coefficient (Wildman–Crippen LogP) is 0.446. The van der Waals surface area contributed by atoms with Crippen molar-refractivity contribution in [1.82, 2.24) is 9.62 Å². The lowest BCUT2D eigenvalue weighted by Crippen LogP contribution is -2.50. The first-order valence-corrected chi connectivity index (χ1v) is 7.29. The highest BCUT2D eigenvalue weighted by Crippen LogP contribution is 2.28. The van der Waals surface area contributed by atoms with Gasteiger partial charge in [-0.1, -0.05) is 6.07 Å². The summed E-state index contributed by atoms with van der Waals surface area (Å²) in [5.41, 5.74) is 0.0543. The van der Waals surface area contributed by atoms with E-state index in [0.717, 1.165) is 6.07 Å². The van der Waals surface area contributed by atoms with Gasteiger partial charge in [0.2, 0.25) is 5.91 Å². The number of halogens is 1. The molecule has 1 aliphatic rings. The van der Waals surface area contributed by atoms with E-state index in [4.69, 9.17) is 0 Å². The normalized spacial score (nSPS) is 15.5. The van der Waals surface area contributed by atoms with Crippen molar-refractivity contribution in [3.05, 3.63) is 33.9 Å². The highest BCUT2D eigenvalue weighted by Gasteiger charge is 2.35. The maximum absolute atomic E-state index is 12.4. The number of nitrogens with zero attached hydrogens (tertiary/aromatic N) is 2. The summed E-state index contributed by atoms with van der Waals surface area (Å²) < 4.78 is 25.5. The predicted molar refractivity (Wildman–Crippen MR) is 76.8 cm³/mol. The number of rotatable bonds is 3. The number of piperazine rings is 1. The first-order chi connectivity index (χ1) is 9.34. The van der Waals surface area contributed by atoms with E-state index in [-0.39, 0.29) is 25.5 Å². The quantitative estimate of drug-likeness (QED) is 0.634. The van der Waals surface area contributed by atoms with E-state index < -0.39 is 31.4 Å². The van der Waals surface area contributed by atoms with E-state index in [1.165, 1.54) is 12.1 Å². The zero-order valence-corrected chi connectivity index (χ0v) is 12.7. The van der Waals surface area contributed by atoms with E-state index in [2.05, 4.69) is 5.32 Å². The van der Waals surface area contributed by atoms with Gasteiger partial charge < -0.3 is 5.32 Å². The lowest BCUT2D eigenvalue weighted by Gasteiger charge is -2.26. The lowest BCUT2D eigenvalue weighted by atomic mass is 10.2. The molecular weight excluding hydrogens is 322 g/mol. The second kappa shape index (κ2) is 6.37. The van der Waals surface area contributed by atoms with E-state index in [9.17, 15) is 23.3 Å². The summed E-state index contributed by atoms with van der Waals surface area (Å²) in [7, 11) is -4.20. The fraction of sp³-hybridized carbons (Fsp3) is 0.364. The van der Waals surface area contributed by atoms with Crippen LogP contribution in [0.15, 0.2) is 23.1 Å². The summed E-state index contributed by atoms with van der Waals surface area (Å²) in [5, 5.41) is 13.8. The Morgan fingerprint density at radius 1 is 1.38 bits per heavy atom. The van der Waals surface area contributed by atoms with Crippen LogP contribution in [0.5, 0.6) is 0 Å². The van der Waals surface area contributed by atoms with Crippen LogP contribution in [0.25, 0.3) is 0 Å². The number of nitro benzene ring substituents is 1. The Bertz CT molecular complexity index is 676. The maximum Gasteiger partial charge on any atom is 0.290 e. The third-order valence-electron chi connectivity index (χ3n) is 2.93. The fourth-order valence-corrected chi connectivity index (χ4v) is 3.49. The van der Waals surface area contributed by atoms with E-state index in [0.29, 0.717) is 16.4 Å². The number of sulfonamides is 1. The van der Waals surface area contributed by atoms with Gasteiger partial charge in [-0.2, -0.15) is 0 Å². The number of nitrogens with one attached hydrogen (secondary N) is 1. The van der Waals surface area contributed by atoms with Crippen LogP contribution < -0.4 is 5.32 Å².